The first-order chi connectivity index (χ1) is 7.69. The summed E-state index contributed by atoms with van der Waals surface area (Å²) in [7, 11) is 0. The Morgan fingerprint density at radius 3 is 2.56 bits per heavy atom. The van der Waals surface area contributed by atoms with Gasteiger partial charge >= 0.3 is 6.03 Å². The topological polar surface area (TPSA) is 49.4 Å². The van der Waals surface area contributed by atoms with Crippen molar-refractivity contribution in [3.63, 3.8) is 0 Å². The molecule has 2 rings (SSSR count). The number of rotatable bonds is 2. The zero-order valence-electron chi connectivity index (χ0n) is 9.92. The zero-order chi connectivity index (χ0) is 11.6. The van der Waals surface area contributed by atoms with E-state index in [0.29, 0.717) is 13.1 Å². The summed E-state index contributed by atoms with van der Waals surface area (Å²) in [6.07, 6.45) is 6.15. The normalized spacial score (nSPS) is 24.7. The third-order valence-electron chi connectivity index (χ3n) is 3.78. The first-order valence-corrected chi connectivity index (χ1v) is 6.29. The van der Waals surface area contributed by atoms with E-state index < -0.39 is 0 Å². The van der Waals surface area contributed by atoms with Crippen LogP contribution in [0.1, 0.15) is 45.4 Å². The minimum absolute atomic E-state index is 0.0674. The van der Waals surface area contributed by atoms with Crippen LogP contribution < -0.4 is 5.32 Å². The fourth-order valence-corrected chi connectivity index (χ4v) is 2.84. The largest absolute Gasteiger partial charge is 0.337 e. The predicted molar refractivity (Wildman–Crippen MR) is 60.9 cm³/mol. The highest BCUT2D eigenvalue weighted by Crippen LogP contribution is 2.39. The lowest BCUT2D eigenvalue weighted by molar-refractivity contribution is -0.142. The fraction of sp³-hybridized carbons (Fsp3) is 0.833. The lowest BCUT2D eigenvalue weighted by atomic mass is 9.72. The van der Waals surface area contributed by atoms with E-state index in [-0.39, 0.29) is 17.4 Å². The smallest absolute Gasteiger partial charge is 0.324 e. The van der Waals surface area contributed by atoms with E-state index in [0.717, 1.165) is 32.1 Å². The molecule has 4 heteroatoms. The molecule has 0 aromatic rings. The molecule has 1 spiro atoms. The van der Waals surface area contributed by atoms with Gasteiger partial charge in [0, 0.05) is 13.1 Å². The molecule has 0 unspecified atom stereocenters. The second kappa shape index (κ2) is 4.44. The molecule has 0 bridgehead atoms. The monoisotopic (exact) mass is 224 g/mol. The van der Waals surface area contributed by atoms with Gasteiger partial charge in [-0.25, -0.2) is 4.79 Å². The molecule has 1 saturated carbocycles. The Kier molecular flexibility index (Phi) is 3.17. The van der Waals surface area contributed by atoms with E-state index >= 15 is 0 Å². The first-order valence-electron chi connectivity index (χ1n) is 6.29. The molecule has 1 aliphatic heterocycles. The molecule has 4 nitrogen and oxygen atoms in total. The van der Waals surface area contributed by atoms with Crippen LogP contribution in [0.15, 0.2) is 0 Å². The van der Waals surface area contributed by atoms with Crippen molar-refractivity contribution in [2.45, 2.75) is 45.4 Å². The highest BCUT2D eigenvalue weighted by Gasteiger charge is 2.46. The third-order valence-corrected chi connectivity index (χ3v) is 3.78. The Morgan fingerprint density at radius 1 is 1.25 bits per heavy atom. The highest BCUT2D eigenvalue weighted by molar-refractivity contribution is 6.00. The molecule has 1 N–H and O–H groups in total. The Balaban J connectivity index is 2.16. The van der Waals surface area contributed by atoms with Gasteiger partial charge in [0.15, 0.2) is 0 Å². The average Bonchev–Trinajstić information content (AvgIpc) is 2.32. The molecule has 2 fully saturated rings. The summed E-state index contributed by atoms with van der Waals surface area (Å²) in [5.41, 5.74) is -0.276. The van der Waals surface area contributed by atoms with Crippen LogP contribution in [0.5, 0.6) is 0 Å². The molecule has 1 heterocycles. The number of urea groups is 1. The third kappa shape index (κ3) is 1.81. The second-order valence-corrected chi connectivity index (χ2v) is 4.96. The molecular formula is C12H20N2O2. The Labute approximate surface area is 96.4 Å². The minimum Gasteiger partial charge on any atom is -0.337 e. The van der Waals surface area contributed by atoms with Crippen molar-refractivity contribution in [1.82, 2.24) is 10.2 Å². The molecule has 0 aromatic heterocycles. The lowest BCUT2D eigenvalue weighted by Crippen LogP contribution is -2.61. The summed E-state index contributed by atoms with van der Waals surface area (Å²) in [5.74, 6) is 0.0674. The highest BCUT2D eigenvalue weighted by atomic mass is 16.2. The number of hydrogen-bond acceptors (Lipinski definition) is 2. The van der Waals surface area contributed by atoms with Crippen LogP contribution in [-0.2, 0) is 4.79 Å². The second-order valence-electron chi connectivity index (χ2n) is 4.96. The van der Waals surface area contributed by atoms with Crippen molar-refractivity contribution in [2.24, 2.45) is 5.41 Å². The van der Waals surface area contributed by atoms with Crippen LogP contribution in [0, 0.1) is 5.41 Å². The van der Waals surface area contributed by atoms with Crippen LogP contribution in [0.3, 0.4) is 0 Å². The minimum atomic E-state index is -0.276. The maximum atomic E-state index is 12.4. The number of imide groups is 1. The van der Waals surface area contributed by atoms with E-state index in [1.165, 1.54) is 11.3 Å². The average molecular weight is 224 g/mol. The van der Waals surface area contributed by atoms with E-state index in [1.54, 1.807) is 0 Å². The molecule has 90 valence electrons. The van der Waals surface area contributed by atoms with Gasteiger partial charge in [0.05, 0.1) is 5.41 Å². The molecule has 3 amide bonds. The molecular weight excluding hydrogens is 204 g/mol. The van der Waals surface area contributed by atoms with Crippen molar-refractivity contribution >= 4 is 11.9 Å². The van der Waals surface area contributed by atoms with Crippen molar-refractivity contribution in [2.75, 3.05) is 13.1 Å². The molecule has 16 heavy (non-hydrogen) atoms. The van der Waals surface area contributed by atoms with Crippen molar-refractivity contribution in [1.29, 1.82) is 0 Å². The summed E-state index contributed by atoms with van der Waals surface area (Å²) >= 11 is 0. The maximum Gasteiger partial charge on any atom is 0.324 e. The molecule has 0 aromatic carbocycles. The van der Waals surface area contributed by atoms with Gasteiger partial charge in [0.2, 0.25) is 5.91 Å². The van der Waals surface area contributed by atoms with Gasteiger partial charge in [-0.3, -0.25) is 9.69 Å². The summed E-state index contributed by atoms with van der Waals surface area (Å²) < 4.78 is 0. The van der Waals surface area contributed by atoms with E-state index in [9.17, 15) is 9.59 Å². The fourth-order valence-electron chi connectivity index (χ4n) is 2.84. The van der Waals surface area contributed by atoms with Gasteiger partial charge in [0.25, 0.3) is 0 Å². The molecule has 2 aliphatic rings. The van der Waals surface area contributed by atoms with Gasteiger partial charge in [0.1, 0.15) is 0 Å². The zero-order valence-corrected chi connectivity index (χ0v) is 9.92. The SMILES string of the molecule is CCCN1C(=O)NCC2(CCCCC2)C1=O. The summed E-state index contributed by atoms with van der Waals surface area (Å²) in [5, 5.41) is 2.87. The molecule has 1 aliphatic carbocycles. The van der Waals surface area contributed by atoms with E-state index in [1.807, 2.05) is 6.92 Å². The van der Waals surface area contributed by atoms with Crippen LogP contribution in [0.2, 0.25) is 0 Å². The Bertz CT molecular complexity index is 295. The quantitative estimate of drug-likeness (QED) is 0.778. The van der Waals surface area contributed by atoms with E-state index in [4.69, 9.17) is 0 Å². The molecule has 0 radical (unpaired) electrons. The molecule has 0 atom stereocenters. The number of hydrogen-bond donors (Lipinski definition) is 1. The molecule has 1 saturated heterocycles. The van der Waals surface area contributed by atoms with Gasteiger partial charge in [-0.1, -0.05) is 26.2 Å². The summed E-state index contributed by atoms with van der Waals surface area (Å²) in [6, 6.07) is -0.206. The van der Waals surface area contributed by atoms with Gasteiger partial charge in [-0.15, -0.1) is 0 Å². The lowest BCUT2D eigenvalue weighted by Gasteiger charge is -2.43. The van der Waals surface area contributed by atoms with Crippen LogP contribution in [0.25, 0.3) is 0 Å². The maximum absolute atomic E-state index is 12.4. The van der Waals surface area contributed by atoms with Crippen LogP contribution >= 0.6 is 0 Å². The van der Waals surface area contributed by atoms with Gasteiger partial charge in [-0.05, 0) is 19.3 Å². The van der Waals surface area contributed by atoms with Crippen LogP contribution in [0.4, 0.5) is 4.79 Å². The van der Waals surface area contributed by atoms with Crippen molar-refractivity contribution in [3.8, 4) is 0 Å². The summed E-state index contributed by atoms with van der Waals surface area (Å²) in [4.78, 5) is 25.4. The Hall–Kier alpha value is -1.06. The van der Waals surface area contributed by atoms with Crippen molar-refractivity contribution < 1.29 is 9.59 Å². The summed E-state index contributed by atoms with van der Waals surface area (Å²) in [6.45, 7) is 3.08. The Morgan fingerprint density at radius 2 is 1.94 bits per heavy atom. The van der Waals surface area contributed by atoms with Gasteiger partial charge < -0.3 is 5.32 Å². The standard InChI is InChI=1S/C12H20N2O2/c1-2-8-14-10(15)12(9-13-11(14)16)6-4-3-5-7-12/h2-9H2,1H3,(H,13,16). The first kappa shape index (κ1) is 11.4. The number of amides is 3. The number of nitrogens with one attached hydrogen (secondary N) is 1. The number of carbonyl (C=O) groups is 2. The predicted octanol–water partition coefficient (Wildman–Crippen LogP) is 1.90. The number of carbonyl (C=O) groups excluding carboxylic acids is 2. The number of nitrogens with zero attached hydrogens (tertiary/aromatic N) is 1. The van der Waals surface area contributed by atoms with Crippen molar-refractivity contribution in [3.05, 3.63) is 0 Å². The van der Waals surface area contributed by atoms with Crippen LogP contribution in [-0.4, -0.2) is 29.9 Å². The van der Waals surface area contributed by atoms with E-state index in [2.05, 4.69) is 5.32 Å². The van der Waals surface area contributed by atoms with Gasteiger partial charge in [-0.2, -0.15) is 0 Å².